The number of amides is 2. The molecule has 1 saturated carbocycles. The Morgan fingerprint density at radius 1 is 1.26 bits per heavy atom. The van der Waals surface area contributed by atoms with Crippen LogP contribution >= 0.6 is 0 Å². The molecule has 0 aromatic carbocycles. The summed E-state index contributed by atoms with van der Waals surface area (Å²) in [6, 6.07) is -0.576. The molecule has 4 heteroatoms. The van der Waals surface area contributed by atoms with Gasteiger partial charge in [-0.05, 0) is 38.0 Å². The van der Waals surface area contributed by atoms with Crippen LogP contribution < -0.4 is 5.32 Å². The van der Waals surface area contributed by atoms with Crippen molar-refractivity contribution in [1.29, 1.82) is 0 Å². The van der Waals surface area contributed by atoms with E-state index in [0.717, 1.165) is 0 Å². The van der Waals surface area contributed by atoms with Crippen molar-refractivity contribution in [2.24, 2.45) is 11.3 Å². The molecular weight excluding hydrogens is 240 g/mol. The lowest BCUT2D eigenvalue weighted by Crippen LogP contribution is -2.68. The van der Waals surface area contributed by atoms with Crippen LogP contribution in [0.5, 0.6) is 0 Å². The summed E-state index contributed by atoms with van der Waals surface area (Å²) in [5.74, 6) is 0.627. The van der Waals surface area contributed by atoms with E-state index in [1.165, 1.54) is 19.3 Å². The lowest BCUT2D eigenvalue weighted by atomic mass is 9.77. The van der Waals surface area contributed by atoms with Crippen LogP contribution in [-0.4, -0.2) is 34.8 Å². The van der Waals surface area contributed by atoms with Crippen molar-refractivity contribution >= 4 is 11.8 Å². The van der Waals surface area contributed by atoms with E-state index < -0.39 is 6.04 Å². The highest BCUT2D eigenvalue weighted by molar-refractivity contribution is 5.97. The highest BCUT2D eigenvalue weighted by Gasteiger charge is 2.46. The van der Waals surface area contributed by atoms with Crippen LogP contribution in [0.4, 0.5) is 0 Å². The Morgan fingerprint density at radius 3 is 2.26 bits per heavy atom. The normalized spacial score (nSPS) is 30.9. The number of hydrogen-bond acceptors (Lipinski definition) is 2. The average Bonchev–Trinajstić information content (AvgIpc) is 2.19. The minimum absolute atomic E-state index is 0.0225. The van der Waals surface area contributed by atoms with Gasteiger partial charge in [0, 0.05) is 6.04 Å². The van der Waals surface area contributed by atoms with Gasteiger partial charge in [0.1, 0.15) is 12.1 Å². The molecule has 2 fully saturated rings. The molecule has 2 rings (SSSR count). The van der Waals surface area contributed by atoms with Gasteiger partial charge in [-0.3, -0.25) is 9.59 Å². The zero-order chi connectivity index (χ0) is 14.4. The van der Waals surface area contributed by atoms with Crippen molar-refractivity contribution in [2.75, 3.05) is 0 Å². The molecule has 0 radical (unpaired) electrons. The van der Waals surface area contributed by atoms with Crippen molar-refractivity contribution in [2.45, 2.75) is 72.0 Å². The SMILES string of the molecule is CC1C(=O)NC(C(C)(C)C)C(=O)N1C(C)C1CCC1. The van der Waals surface area contributed by atoms with Crippen LogP contribution in [0.15, 0.2) is 0 Å². The van der Waals surface area contributed by atoms with Crippen LogP contribution in [0.3, 0.4) is 0 Å². The maximum Gasteiger partial charge on any atom is 0.246 e. The Kier molecular flexibility index (Phi) is 3.63. The Labute approximate surface area is 115 Å². The summed E-state index contributed by atoms with van der Waals surface area (Å²) in [7, 11) is 0. The maximum atomic E-state index is 12.7. The number of hydrogen-bond donors (Lipinski definition) is 1. The van der Waals surface area contributed by atoms with Crippen LogP contribution in [0.2, 0.25) is 0 Å². The van der Waals surface area contributed by atoms with E-state index in [0.29, 0.717) is 5.92 Å². The van der Waals surface area contributed by atoms with Gasteiger partial charge in [0.2, 0.25) is 11.8 Å². The van der Waals surface area contributed by atoms with Crippen LogP contribution in [0.25, 0.3) is 0 Å². The fraction of sp³-hybridized carbons (Fsp3) is 0.867. The van der Waals surface area contributed by atoms with Gasteiger partial charge in [-0.25, -0.2) is 0 Å². The monoisotopic (exact) mass is 266 g/mol. The van der Waals surface area contributed by atoms with Crippen molar-refractivity contribution in [3.63, 3.8) is 0 Å². The van der Waals surface area contributed by atoms with Gasteiger partial charge in [-0.1, -0.05) is 27.2 Å². The van der Waals surface area contributed by atoms with E-state index in [1.807, 2.05) is 32.6 Å². The van der Waals surface area contributed by atoms with Crippen molar-refractivity contribution in [3.05, 3.63) is 0 Å². The molecule has 1 aliphatic carbocycles. The first-order chi connectivity index (χ1) is 8.73. The van der Waals surface area contributed by atoms with Crippen molar-refractivity contribution in [3.8, 4) is 0 Å². The molecule has 0 bridgehead atoms. The Balaban J connectivity index is 2.23. The molecule has 108 valence electrons. The van der Waals surface area contributed by atoms with Crippen LogP contribution in [-0.2, 0) is 9.59 Å². The quantitative estimate of drug-likeness (QED) is 0.830. The Morgan fingerprint density at radius 2 is 1.84 bits per heavy atom. The van der Waals surface area contributed by atoms with Gasteiger partial charge < -0.3 is 10.2 Å². The van der Waals surface area contributed by atoms with Gasteiger partial charge in [-0.2, -0.15) is 0 Å². The molecule has 1 N–H and O–H groups in total. The maximum absolute atomic E-state index is 12.7. The van der Waals surface area contributed by atoms with Crippen LogP contribution in [0, 0.1) is 11.3 Å². The number of piperazine rings is 1. The van der Waals surface area contributed by atoms with Crippen LogP contribution in [0.1, 0.15) is 53.9 Å². The van der Waals surface area contributed by atoms with Crippen molar-refractivity contribution in [1.82, 2.24) is 10.2 Å². The predicted molar refractivity (Wildman–Crippen MR) is 74.5 cm³/mol. The van der Waals surface area contributed by atoms with E-state index in [-0.39, 0.29) is 29.3 Å². The number of rotatable bonds is 2. The summed E-state index contributed by atoms with van der Waals surface area (Å²) in [6.45, 7) is 9.92. The average molecular weight is 266 g/mol. The van der Waals surface area contributed by atoms with Gasteiger partial charge in [0.05, 0.1) is 0 Å². The molecular formula is C15H26N2O2. The van der Waals surface area contributed by atoms with E-state index >= 15 is 0 Å². The topological polar surface area (TPSA) is 49.4 Å². The molecule has 4 nitrogen and oxygen atoms in total. The van der Waals surface area contributed by atoms with E-state index in [9.17, 15) is 9.59 Å². The molecule has 2 amide bonds. The molecule has 0 spiro atoms. The molecule has 1 heterocycles. The predicted octanol–water partition coefficient (Wildman–Crippen LogP) is 1.94. The fourth-order valence-corrected chi connectivity index (χ4v) is 3.08. The lowest BCUT2D eigenvalue weighted by molar-refractivity contribution is -0.156. The number of nitrogens with one attached hydrogen (secondary N) is 1. The first-order valence-electron chi connectivity index (χ1n) is 7.36. The second-order valence-corrected chi connectivity index (χ2v) is 7.16. The molecule has 2 aliphatic rings. The first kappa shape index (κ1) is 14.4. The molecule has 1 saturated heterocycles. The lowest BCUT2D eigenvalue weighted by Gasteiger charge is -2.48. The summed E-state index contributed by atoms with van der Waals surface area (Å²) < 4.78 is 0. The molecule has 1 aliphatic heterocycles. The number of nitrogens with zero attached hydrogens (tertiary/aromatic N) is 1. The fourth-order valence-electron chi connectivity index (χ4n) is 3.08. The minimum atomic E-state index is -0.404. The highest BCUT2D eigenvalue weighted by Crippen LogP contribution is 2.35. The third-order valence-corrected chi connectivity index (χ3v) is 4.72. The molecule has 19 heavy (non-hydrogen) atoms. The third kappa shape index (κ3) is 2.49. The number of carbonyl (C=O) groups excluding carboxylic acids is 2. The van der Waals surface area contributed by atoms with E-state index in [2.05, 4.69) is 12.2 Å². The molecule has 3 atom stereocenters. The Bertz CT molecular complexity index is 382. The smallest absolute Gasteiger partial charge is 0.246 e. The summed E-state index contributed by atoms with van der Waals surface area (Å²) in [5.41, 5.74) is -0.246. The number of carbonyl (C=O) groups is 2. The van der Waals surface area contributed by atoms with Gasteiger partial charge in [0.25, 0.3) is 0 Å². The highest BCUT2D eigenvalue weighted by atomic mass is 16.2. The first-order valence-corrected chi connectivity index (χ1v) is 7.36. The molecule has 0 aromatic rings. The zero-order valence-electron chi connectivity index (χ0n) is 12.7. The van der Waals surface area contributed by atoms with E-state index in [1.54, 1.807) is 0 Å². The van der Waals surface area contributed by atoms with Gasteiger partial charge in [0.15, 0.2) is 0 Å². The Hall–Kier alpha value is -1.06. The zero-order valence-corrected chi connectivity index (χ0v) is 12.7. The molecule has 3 unspecified atom stereocenters. The third-order valence-electron chi connectivity index (χ3n) is 4.72. The largest absolute Gasteiger partial charge is 0.342 e. The van der Waals surface area contributed by atoms with Gasteiger partial charge >= 0.3 is 0 Å². The van der Waals surface area contributed by atoms with E-state index in [4.69, 9.17) is 0 Å². The summed E-state index contributed by atoms with van der Waals surface area (Å²) >= 11 is 0. The standard InChI is InChI=1S/C15H26N2O2/c1-9(11-7-6-8-11)17-10(2)13(18)16-12(14(17)19)15(3,4)5/h9-12H,6-8H2,1-5H3,(H,16,18). The summed E-state index contributed by atoms with van der Waals surface area (Å²) in [4.78, 5) is 26.7. The summed E-state index contributed by atoms with van der Waals surface area (Å²) in [5, 5.41) is 2.89. The second kappa shape index (κ2) is 4.80. The van der Waals surface area contributed by atoms with Gasteiger partial charge in [-0.15, -0.1) is 0 Å². The molecule has 0 aromatic heterocycles. The van der Waals surface area contributed by atoms with Crippen molar-refractivity contribution < 1.29 is 9.59 Å². The summed E-state index contributed by atoms with van der Waals surface area (Å²) in [6.07, 6.45) is 3.61. The second-order valence-electron chi connectivity index (χ2n) is 7.16. The minimum Gasteiger partial charge on any atom is -0.342 e.